The SMILES string of the molecule is O=C(O)CC(=O)OC[C@H]1O[C@@H](Oc2c(-c3ccc(O)c(O)c3)oc3cc(O[C@@H]4O[C@H](CO)[C@@H](O)[C@H](O)[C@H]4O)cc(O)c3c2=O)[C@H](O)[C@@H](O)[C@@H]1O. The number of carbonyl (C=O) groups is 2. The molecule has 0 saturated carbocycles. The van der Waals surface area contributed by atoms with Crippen LogP contribution in [0, 0.1) is 0 Å². The average molecular weight is 713 g/mol. The summed E-state index contributed by atoms with van der Waals surface area (Å²) in [4.78, 5) is 36.4. The van der Waals surface area contributed by atoms with Crippen molar-refractivity contribution < 1.29 is 93.9 Å². The minimum atomic E-state index is -2.07. The van der Waals surface area contributed by atoms with Crippen LogP contribution in [0.1, 0.15) is 6.42 Å². The van der Waals surface area contributed by atoms with Crippen molar-refractivity contribution in [3.8, 4) is 40.1 Å². The Bertz CT molecular complexity index is 1790. The van der Waals surface area contributed by atoms with E-state index < -0.39 is 138 Å². The first kappa shape index (κ1) is 36.5. The number of aliphatic carboxylic acids is 1. The molecule has 0 spiro atoms. The Kier molecular flexibility index (Phi) is 10.7. The first-order chi connectivity index (χ1) is 23.6. The van der Waals surface area contributed by atoms with Crippen LogP contribution in [0.25, 0.3) is 22.3 Å². The van der Waals surface area contributed by atoms with Gasteiger partial charge in [-0.3, -0.25) is 14.4 Å². The molecule has 2 aliphatic heterocycles. The number of phenolic OH excluding ortho intramolecular Hbond substituents is 3. The van der Waals surface area contributed by atoms with Gasteiger partial charge in [0.25, 0.3) is 0 Å². The highest BCUT2D eigenvalue weighted by atomic mass is 16.7. The van der Waals surface area contributed by atoms with Crippen LogP contribution >= 0.6 is 0 Å². The fourth-order valence-electron chi connectivity index (χ4n) is 5.20. The number of ether oxygens (including phenoxy) is 5. The minimum absolute atomic E-state index is 0.140. The molecule has 0 unspecified atom stereocenters. The minimum Gasteiger partial charge on any atom is -0.507 e. The monoisotopic (exact) mass is 712 g/mol. The molecule has 272 valence electrons. The van der Waals surface area contributed by atoms with Crippen molar-refractivity contribution in [2.75, 3.05) is 13.2 Å². The predicted molar refractivity (Wildman–Crippen MR) is 158 cm³/mol. The number of aliphatic hydroxyl groups is 7. The third-order valence-corrected chi connectivity index (χ3v) is 7.85. The molecule has 3 heterocycles. The second-order valence-corrected chi connectivity index (χ2v) is 11.3. The van der Waals surface area contributed by atoms with Gasteiger partial charge in [-0.1, -0.05) is 0 Å². The van der Waals surface area contributed by atoms with Crippen LogP contribution in [0.15, 0.2) is 39.5 Å². The van der Waals surface area contributed by atoms with Crippen LogP contribution in [0.2, 0.25) is 0 Å². The molecule has 3 aromatic rings. The van der Waals surface area contributed by atoms with Crippen molar-refractivity contribution in [2.24, 2.45) is 0 Å². The van der Waals surface area contributed by atoms with Crippen molar-refractivity contribution >= 4 is 22.9 Å². The molecule has 20 heteroatoms. The molecule has 0 amide bonds. The third-order valence-electron chi connectivity index (χ3n) is 7.85. The molecule has 1 aromatic heterocycles. The van der Waals surface area contributed by atoms with E-state index >= 15 is 0 Å². The number of rotatable bonds is 10. The molecule has 2 saturated heterocycles. The normalized spacial score (nSPS) is 29.7. The Morgan fingerprint density at radius 2 is 1.36 bits per heavy atom. The first-order valence-corrected chi connectivity index (χ1v) is 14.7. The Labute approximate surface area is 278 Å². The van der Waals surface area contributed by atoms with Crippen molar-refractivity contribution in [1.82, 2.24) is 0 Å². The maximum absolute atomic E-state index is 13.9. The van der Waals surface area contributed by atoms with Gasteiger partial charge in [0, 0.05) is 17.7 Å². The molecule has 5 rings (SSSR count). The quantitative estimate of drug-likeness (QED) is 0.0565. The van der Waals surface area contributed by atoms with Crippen LogP contribution in [0.5, 0.6) is 28.7 Å². The molecule has 0 aliphatic carbocycles. The molecule has 2 aromatic carbocycles. The molecule has 2 fully saturated rings. The number of hydrogen-bond donors (Lipinski definition) is 11. The molecule has 11 N–H and O–H groups in total. The topological polar surface area (TPSA) is 333 Å². The summed E-state index contributed by atoms with van der Waals surface area (Å²) in [5, 5.41) is 111. The fraction of sp³-hybridized carbons (Fsp3) is 0.433. The van der Waals surface area contributed by atoms with Gasteiger partial charge in [-0.25, -0.2) is 0 Å². The first-order valence-electron chi connectivity index (χ1n) is 14.7. The lowest BCUT2D eigenvalue weighted by Crippen LogP contribution is -2.60. The summed E-state index contributed by atoms with van der Waals surface area (Å²) in [5.41, 5.74) is -1.71. The molecule has 0 radical (unpaired) electrons. The molecule has 20 nitrogen and oxygen atoms in total. The van der Waals surface area contributed by atoms with Gasteiger partial charge in [-0.05, 0) is 18.2 Å². The van der Waals surface area contributed by atoms with E-state index in [1.54, 1.807) is 0 Å². The number of phenols is 3. The lowest BCUT2D eigenvalue weighted by atomic mass is 9.99. The summed E-state index contributed by atoms with van der Waals surface area (Å²) < 4.78 is 32.6. The number of carboxylic acids is 1. The van der Waals surface area contributed by atoms with Crippen LogP contribution in [-0.2, 0) is 23.8 Å². The van der Waals surface area contributed by atoms with Crippen LogP contribution in [0.4, 0.5) is 0 Å². The largest absolute Gasteiger partial charge is 0.507 e. The second kappa shape index (κ2) is 14.6. The predicted octanol–water partition coefficient (Wildman–Crippen LogP) is -3.04. The Morgan fingerprint density at radius 3 is 1.98 bits per heavy atom. The van der Waals surface area contributed by atoms with Crippen molar-refractivity contribution in [3.05, 3.63) is 40.6 Å². The summed E-state index contributed by atoms with van der Waals surface area (Å²) >= 11 is 0. The van der Waals surface area contributed by atoms with E-state index in [2.05, 4.69) is 0 Å². The summed E-state index contributed by atoms with van der Waals surface area (Å²) in [6.07, 6.45) is -19.1. The zero-order valence-electron chi connectivity index (χ0n) is 25.4. The van der Waals surface area contributed by atoms with E-state index in [-0.39, 0.29) is 11.3 Å². The average Bonchev–Trinajstić information content (AvgIpc) is 3.06. The highest BCUT2D eigenvalue weighted by Gasteiger charge is 2.47. The van der Waals surface area contributed by atoms with Gasteiger partial charge in [0.15, 0.2) is 17.3 Å². The highest BCUT2D eigenvalue weighted by Crippen LogP contribution is 2.40. The zero-order valence-corrected chi connectivity index (χ0v) is 25.4. The highest BCUT2D eigenvalue weighted by molar-refractivity contribution is 5.90. The van der Waals surface area contributed by atoms with Crippen molar-refractivity contribution in [1.29, 1.82) is 0 Å². The van der Waals surface area contributed by atoms with E-state index in [1.807, 2.05) is 0 Å². The zero-order chi connectivity index (χ0) is 36.6. The van der Waals surface area contributed by atoms with E-state index in [4.69, 9.17) is 33.2 Å². The lowest BCUT2D eigenvalue weighted by Gasteiger charge is -2.39. The molecule has 2 aliphatic rings. The maximum atomic E-state index is 13.9. The summed E-state index contributed by atoms with van der Waals surface area (Å²) in [7, 11) is 0. The fourth-order valence-corrected chi connectivity index (χ4v) is 5.20. The molecular formula is C30H32O20. The van der Waals surface area contributed by atoms with Crippen molar-refractivity contribution in [3.63, 3.8) is 0 Å². The maximum Gasteiger partial charge on any atom is 0.317 e. The van der Waals surface area contributed by atoms with Crippen LogP contribution < -0.4 is 14.9 Å². The van der Waals surface area contributed by atoms with E-state index in [0.29, 0.717) is 0 Å². The van der Waals surface area contributed by atoms with Gasteiger partial charge < -0.3 is 84.3 Å². The number of aliphatic hydroxyl groups excluding tert-OH is 7. The van der Waals surface area contributed by atoms with Crippen LogP contribution in [-0.4, -0.2) is 143 Å². The van der Waals surface area contributed by atoms with E-state index in [1.165, 1.54) is 6.07 Å². The summed E-state index contributed by atoms with van der Waals surface area (Å²) in [6.45, 7) is -1.58. The van der Waals surface area contributed by atoms with E-state index in [9.17, 15) is 65.4 Å². The summed E-state index contributed by atoms with van der Waals surface area (Å²) in [6, 6.07) is 5.05. The van der Waals surface area contributed by atoms with Gasteiger partial charge in [0.1, 0.15) is 84.3 Å². The number of carboxylic acid groups (broad SMARTS) is 1. The third kappa shape index (κ3) is 7.23. The number of aromatic hydroxyl groups is 3. The summed E-state index contributed by atoms with van der Waals surface area (Å²) in [5.74, 6) is -6.46. The van der Waals surface area contributed by atoms with Gasteiger partial charge in [0.05, 0.1) is 6.61 Å². The Hall–Kier alpha value is -4.77. The van der Waals surface area contributed by atoms with Gasteiger partial charge in [-0.2, -0.15) is 0 Å². The number of carbonyl (C=O) groups excluding carboxylic acids is 1. The molecule has 50 heavy (non-hydrogen) atoms. The van der Waals surface area contributed by atoms with Crippen LogP contribution in [0.3, 0.4) is 0 Å². The number of benzene rings is 2. The Morgan fingerprint density at radius 1 is 0.740 bits per heavy atom. The van der Waals surface area contributed by atoms with Gasteiger partial charge in [-0.15, -0.1) is 0 Å². The second-order valence-electron chi connectivity index (χ2n) is 11.3. The smallest absolute Gasteiger partial charge is 0.317 e. The van der Waals surface area contributed by atoms with Crippen molar-refractivity contribution in [2.45, 2.75) is 67.8 Å². The lowest BCUT2D eigenvalue weighted by molar-refractivity contribution is -0.278. The Balaban J connectivity index is 1.54. The van der Waals surface area contributed by atoms with E-state index in [0.717, 1.165) is 24.3 Å². The number of hydrogen-bond acceptors (Lipinski definition) is 19. The number of esters is 1. The van der Waals surface area contributed by atoms with Gasteiger partial charge in [0.2, 0.25) is 23.8 Å². The molecule has 0 bridgehead atoms. The van der Waals surface area contributed by atoms with Gasteiger partial charge >= 0.3 is 11.9 Å². The molecule has 10 atom stereocenters. The standard InChI is InChI=1S/C30H32O20/c31-7-15-20(38)23(41)25(43)29(48-15)46-10-4-13(34)19-14(5-10)47-27(9-1-2-11(32)12(33)3-9)28(22(19)40)50-30-26(44)24(42)21(39)16(49-30)8-45-18(37)6-17(35)36/h1-5,15-16,20-21,23-26,29-34,38-39,41-44H,6-8H2,(H,35,36)/t15-,16-,20-,21-,23+,24+,25-,26-,29-,30+/m1/s1. The number of fused-ring (bicyclic) bond motifs is 1. The molecular weight excluding hydrogens is 680 g/mol.